The molecule has 32 heavy (non-hydrogen) atoms. The first-order valence-corrected chi connectivity index (χ1v) is 10.6. The molecule has 0 aliphatic heterocycles. The number of aromatic nitrogens is 3. The zero-order valence-electron chi connectivity index (χ0n) is 17.6. The van der Waals surface area contributed by atoms with E-state index < -0.39 is 23.6 Å². The Balaban J connectivity index is 2.06. The Bertz CT molecular complexity index is 1090. The van der Waals surface area contributed by atoms with Crippen LogP contribution in [0.3, 0.4) is 0 Å². The summed E-state index contributed by atoms with van der Waals surface area (Å²) in [7, 11) is 0. The van der Waals surface area contributed by atoms with Gasteiger partial charge in [-0.2, -0.15) is 13.2 Å². The molecule has 0 aliphatic rings. The standard InChI is InChI=1S/C21H21F3N4O3S/c1-4-31-17(29)12-27(13(2)3)20(30)18-25-19(16-9-6-10-32-16)28(26-18)15-8-5-7-14(11-15)21(22,23)24/h5-11,13H,4,12H2,1-3H3. The molecule has 3 aromatic rings. The molecule has 2 aromatic heterocycles. The molecule has 0 bridgehead atoms. The Hall–Kier alpha value is -3.21. The van der Waals surface area contributed by atoms with Crippen molar-refractivity contribution >= 4 is 23.2 Å². The van der Waals surface area contributed by atoms with E-state index in [1.807, 2.05) is 0 Å². The summed E-state index contributed by atoms with van der Waals surface area (Å²) in [5.74, 6) is -1.21. The van der Waals surface area contributed by atoms with Gasteiger partial charge in [0.1, 0.15) is 6.54 Å². The number of hydrogen-bond acceptors (Lipinski definition) is 6. The fourth-order valence-corrected chi connectivity index (χ4v) is 3.62. The lowest BCUT2D eigenvalue weighted by Crippen LogP contribution is -2.41. The Morgan fingerprint density at radius 2 is 1.97 bits per heavy atom. The minimum atomic E-state index is -4.54. The van der Waals surface area contributed by atoms with E-state index in [1.54, 1.807) is 38.3 Å². The zero-order valence-corrected chi connectivity index (χ0v) is 18.4. The van der Waals surface area contributed by atoms with Gasteiger partial charge in [-0.25, -0.2) is 9.67 Å². The van der Waals surface area contributed by atoms with Gasteiger partial charge in [-0.1, -0.05) is 12.1 Å². The van der Waals surface area contributed by atoms with Crippen LogP contribution in [-0.4, -0.2) is 50.7 Å². The summed E-state index contributed by atoms with van der Waals surface area (Å²) in [6.45, 7) is 4.98. The molecule has 7 nitrogen and oxygen atoms in total. The average molecular weight is 466 g/mol. The predicted octanol–water partition coefficient (Wildman–Crippen LogP) is 4.43. The minimum absolute atomic E-state index is 0.108. The van der Waals surface area contributed by atoms with Crippen molar-refractivity contribution < 1.29 is 27.5 Å². The number of hydrogen-bond donors (Lipinski definition) is 0. The SMILES string of the molecule is CCOC(=O)CN(C(=O)c1nc(-c2cccs2)n(-c2cccc(C(F)(F)F)c2)n1)C(C)C. The van der Waals surface area contributed by atoms with Gasteiger partial charge in [0.15, 0.2) is 5.82 Å². The summed E-state index contributed by atoms with van der Waals surface area (Å²) < 4.78 is 45.8. The molecule has 0 saturated carbocycles. The van der Waals surface area contributed by atoms with E-state index >= 15 is 0 Å². The Kier molecular flexibility index (Phi) is 6.97. The van der Waals surface area contributed by atoms with E-state index in [0.717, 1.165) is 12.1 Å². The van der Waals surface area contributed by atoms with E-state index in [4.69, 9.17) is 4.74 Å². The molecular weight excluding hydrogens is 445 g/mol. The summed E-state index contributed by atoms with van der Waals surface area (Å²) in [5.41, 5.74) is -0.738. The molecule has 2 heterocycles. The molecule has 1 amide bonds. The highest BCUT2D eigenvalue weighted by Crippen LogP contribution is 2.32. The summed E-state index contributed by atoms with van der Waals surface area (Å²) in [6, 6.07) is 7.74. The number of carbonyl (C=O) groups excluding carboxylic acids is 2. The highest BCUT2D eigenvalue weighted by atomic mass is 32.1. The Labute approximate surface area is 186 Å². The highest BCUT2D eigenvalue weighted by molar-refractivity contribution is 7.13. The molecule has 0 atom stereocenters. The fraction of sp³-hybridized carbons (Fsp3) is 0.333. The molecule has 0 unspecified atom stereocenters. The fourth-order valence-electron chi connectivity index (χ4n) is 2.93. The lowest BCUT2D eigenvalue weighted by molar-refractivity contribution is -0.144. The second-order valence-electron chi connectivity index (χ2n) is 7.03. The van der Waals surface area contributed by atoms with Crippen LogP contribution in [0.4, 0.5) is 13.2 Å². The van der Waals surface area contributed by atoms with Gasteiger partial charge in [-0.3, -0.25) is 9.59 Å². The van der Waals surface area contributed by atoms with Crippen molar-refractivity contribution in [2.24, 2.45) is 0 Å². The lowest BCUT2D eigenvalue weighted by Gasteiger charge is -2.24. The number of thiophene rings is 1. The Morgan fingerprint density at radius 3 is 2.56 bits per heavy atom. The maximum atomic E-state index is 13.2. The van der Waals surface area contributed by atoms with Crippen LogP contribution in [0, 0.1) is 0 Å². The lowest BCUT2D eigenvalue weighted by atomic mass is 10.2. The van der Waals surface area contributed by atoms with Gasteiger partial charge in [0, 0.05) is 6.04 Å². The van der Waals surface area contributed by atoms with E-state index in [9.17, 15) is 22.8 Å². The van der Waals surface area contributed by atoms with Crippen LogP contribution in [0.2, 0.25) is 0 Å². The number of benzene rings is 1. The van der Waals surface area contributed by atoms with E-state index in [0.29, 0.717) is 4.88 Å². The van der Waals surface area contributed by atoms with Crippen LogP contribution >= 0.6 is 11.3 Å². The number of esters is 1. The van der Waals surface area contributed by atoms with Gasteiger partial charge >= 0.3 is 12.1 Å². The topological polar surface area (TPSA) is 77.3 Å². The van der Waals surface area contributed by atoms with Crippen LogP contribution in [-0.2, 0) is 15.7 Å². The molecule has 1 aromatic carbocycles. The second-order valence-corrected chi connectivity index (χ2v) is 7.98. The van der Waals surface area contributed by atoms with Crippen LogP contribution in [0.5, 0.6) is 0 Å². The van der Waals surface area contributed by atoms with Gasteiger partial charge in [0.25, 0.3) is 5.91 Å². The summed E-state index contributed by atoms with van der Waals surface area (Å²) in [5, 5.41) is 6.00. The van der Waals surface area contributed by atoms with Crippen LogP contribution in [0.15, 0.2) is 41.8 Å². The number of amides is 1. The summed E-state index contributed by atoms with van der Waals surface area (Å²) >= 11 is 1.31. The number of nitrogens with zero attached hydrogens (tertiary/aromatic N) is 4. The second kappa shape index (κ2) is 9.51. The molecular formula is C21H21F3N4O3S. The van der Waals surface area contributed by atoms with Gasteiger partial charge in [0.05, 0.1) is 22.7 Å². The van der Waals surface area contributed by atoms with Crippen molar-refractivity contribution in [2.45, 2.75) is 33.0 Å². The van der Waals surface area contributed by atoms with Crippen molar-refractivity contribution in [1.82, 2.24) is 19.7 Å². The van der Waals surface area contributed by atoms with Gasteiger partial charge in [-0.15, -0.1) is 16.4 Å². The first kappa shape index (κ1) is 23.5. The van der Waals surface area contributed by atoms with E-state index in [2.05, 4.69) is 10.1 Å². The van der Waals surface area contributed by atoms with Crippen molar-refractivity contribution in [3.05, 3.63) is 53.2 Å². The van der Waals surface area contributed by atoms with Crippen LogP contribution in [0.25, 0.3) is 16.4 Å². The minimum Gasteiger partial charge on any atom is -0.465 e. The number of ether oxygens (including phenoxy) is 1. The summed E-state index contributed by atoms with van der Waals surface area (Å²) in [4.78, 5) is 31.2. The van der Waals surface area contributed by atoms with Crippen molar-refractivity contribution in [3.63, 3.8) is 0 Å². The maximum Gasteiger partial charge on any atom is 0.416 e. The largest absolute Gasteiger partial charge is 0.465 e. The normalized spacial score (nSPS) is 11.6. The molecule has 0 fully saturated rings. The quantitative estimate of drug-likeness (QED) is 0.482. The molecule has 3 rings (SSSR count). The maximum absolute atomic E-state index is 13.2. The highest BCUT2D eigenvalue weighted by Gasteiger charge is 2.32. The van der Waals surface area contributed by atoms with Crippen molar-refractivity contribution in [1.29, 1.82) is 0 Å². The van der Waals surface area contributed by atoms with E-state index in [1.165, 1.54) is 33.1 Å². The third kappa shape index (κ3) is 5.16. The molecule has 0 radical (unpaired) electrons. The van der Waals surface area contributed by atoms with Crippen molar-refractivity contribution in [2.75, 3.05) is 13.2 Å². The van der Waals surface area contributed by atoms with Gasteiger partial charge in [0.2, 0.25) is 5.82 Å². The first-order valence-electron chi connectivity index (χ1n) is 9.77. The third-order valence-corrected chi connectivity index (χ3v) is 5.31. The summed E-state index contributed by atoms with van der Waals surface area (Å²) in [6.07, 6.45) is -4.54. The van der Waals surface area contributed by atoms with Crippen molar-refractivity contribution in [3.8, 4) is 16.4 Å². The molecule has 0 saturated heterocycles. The number of rotatable bonds is 7. The molecule has 170 valence electrons. The third-order valence-electron chi connectivity index (χ3n) is 4.45. The van der Waals surface area contributed by atoms with Crippen LogP contribution < -0.4 is 0 Å². The van der Waals surface area contributed by atoms with Crippen LogP contribution in [0.1, 0.15) is 37.0 Å². The molecule has 0 N–H and O–H groups in total. The van der Waals surface area contributed by atoms with E-state index in [-0.39, 0.29) is 36.5 Å². The monoisotopic (exact) mass is 466 g/mol. The zero-order chi connectivity index (χ0) is 23.5. The first-order chi connectivity index (χ1) is 15.1. The number of alkyl halides is 3. The van der Waals surface area contributed by atoms with Gasteiger partial charge in [-0.05, 0) is 50.4 Å². The number of halogens is 3. The predicted molar refractivity (Wildman–Crippen MR) is 112 cm³/mol. The average Bonchev–Trinajstić information content (AvgIpc) is 3.40. The Morgan fingerprint density at radius 1 is 1.22 bits per heavy atom. The molecule has 11 heteroatoms. The smallest absolute Gasteiger partial charge is 0.416 e. The molecule has 0 aliphatic carbocycles. The van der Waals surface area contributed by atoms with Gasteiger partial charge < -0.3 is 9.64 Å². The molecule has 0 spiro atoms. The number of carbonyl (C=O) groups is 2.